The maximum atomic E-state index is 12.7. The van der Waals surface area contributed by atoms with Crippen LogP contribution in [0.4, 0.5) is 0 Å². The van der Waals surface area contributed by atoms with E-state index in [1.807, 2.05) is 5.48 Å². The Balaban J connectivity index is 2.00. The van der Waals surface area contributed by atoms with Gasteiger partial charge in [0.25, 0.3) is 0 Å². The van der Waals surface area contributed by atoms with Crippen LogP contribution in [-0.4, -0.2) is 58.9 Å². The molecule has 1 unspecified atom stereocenters. The zero-order valence-corrected chi connectivity index (χ0v) is 13.5. The topological polar surface area (TPSA) is 107 Å². The predicted molar refractivity (Wildman–Crippen MR) is 81.7 cm³/mol. The molecule has 0 aromatic carbocycles. The quantitative estimate of drug-likeness (QED) is 0.591. The molecule has 1 saturated heterocycles. The van der Waals surface area contributed by atoms with Crippen LogP contribution in [0.25, 0.3) is 0 Å². The van der Waals surface area contributed by atoms with E-state index < -0.39 is 14.9 Å². The molecule has 9 heteroatoms. The maximum Gasteiger partial charge on any atom is 0.235 e. The molecule has 0 spiro atoms. The molecule has 2 heterocycles. The molecule has 2 rings (SSSR count). The van der Waals surface area contributed by atoms with Gasteiger partial charge in [0.2, 0.25) is 10.0 Å². The number of sulfonamides is 1. The van der Waals surface area contributed by atoms with Gasteiger partial charge < -0.3 is 10.5 Å². The fourth-order valence-corrected chi connectivity index (χ4v) is 4.21. The van der Waals surface area contributed by atoms with Crippen molar-refractivity contribution in [3.8, 4) is 0 Å². The third-order valence-corrected chi connectivity index (χ3v) is 6.37. The zero-order chi connectivity index (χ0) is 16.1. The summed E-state index contributed by atoms with van der Waals surface area (Å²) in [5.74, 6) is 0.669. The molecule has 0 amide bonds. The van der Waals surface area contributed by atoms with Gasteiger partial charge in [-0.2, -0.15) is 9.79 Å². The van der Waals surface area contributed by atoms with E-state index in [0.29, 0.717) is 44.8 Å². The second kappa shape index (κ2) is 7.42. The summed E-state index contributed by atoms with van der Waals surface area (Å²) in [6, 6.07) is 1.73. The lowest BCUT2D eigenvalue weighted by atomic mass is 10.1. The minimum Gasteiger partial charge on any atom is -0.315 e. The first-order valence-electron chi connectivity index (χ1n) is 7.37. The molecule has 0 aliphatic carbocycles. The van der Waals surface area contributed by atoms with E-state index in [-0.39, 0.29) is 6.42 Å². The normalized spacial score (nSPS) is 19.7. The van der Waals surface area contributed by atoms with Gasteiger partial charge in [-0.1, -0.05) is 0 Å². The lowest BCUT2D eigenvalue weighted by Gasteiger charge is -2.36. The number of aromatic nitrogens is 2. The summed E-state index contributed by atoms with van der Waals surface area (Å²) in [6.07, 6.45) is 4.70. The van der Waals surface area contributed by atoms with E-state index in [1.54, 1.807) is 18.5 Å². The Kier molecular flexibility index (Phi) is 5.81. The van der Waals surface area contributed by atoms with Crippen molar-refractivity contribution in [2.45, 2.75) is 31.1 Å². The van der Waals surface area contributed by atoms with E-state index in [2.05, 4.69) is 15.3 Å². The zero-order valence-electron chi connectivity index (χ0n) is 12.7. The fourth-order valence-electron chi connectivity index (χ4n) is 2.46. The first-order valence-corrected chi connectivity index (χ1v) is 8.81. The van der Waals surface area contributed by atoms with Crippen LogP contribution in [-0.2, 0) is 16.4 Å². The standard InChI is InChI=1S/C13H23N5O3S/c1-13(17-19,5-2-4-12-15-6-3-7-16-12)22(20,21)18-10-8-14-9-11-18/h3,6-7,14,17,19H,2,4-5,8-11H2,1H3. The molecule has 1 aliphatic rings. The highest BCUT2D eigenvalue weighted by molar-refractivity contribution is 7.90. The molecule has 1 aromatic heterocycles. The molecule has 0 radical (unpaired) electrons. The molecular weight excluding hydrogens is 306 g/mol. The maximum absolute atomic E-state index is 12.7. The second-order valence-corrected chi connectivity index (χ2v) is 7.88. The van der Waals surface area contributed by atoms with Gasteiger partial charge >= 0.3 is 0 Å². The monoisotopic (exact) mass is 329 g/mol. The second-order valence-electron chi connectivity index (χ2n) is 5.52. The third-order valence-electron chi connectivity index (χ3n) is 3.90. The summed E-state index contributed by atoms with van der Waals surface area (Å²) in [5.41, 5.74) is 2.01. The van der Waals surface area contributed by atoms with Crippen LogP contribution < -0.4 is 10.8 Å². The number of aryl methyl sites for hydroxylation is 1. The van der Waals surface area contributed by atoms with Crippen LogP contribution in [0.2, 0.25) is 0 Å². The first-order chi connectivity index (χ1) is 10.5. The Morgan fingerprint density at radius 2 is 2.00 bits per heavy atom. The van der Waals surface area contributed by atoms with Crippen molar-refractivity contribution in [3.05, 3.63) is 24.3 Å². The van der Waals surface area contributed by atoms with Gasteiger partial charge in [0.05, 0.1) is 0 Å². The highest BCUT2D eigenvalue weighted by Crippen LogP contribution is 2.24. The van der Waals surface area contributed by atoms with Crippen LogP contribution in [0.15, 0.2) is 18.5 Å². The number of hydrogen-bond donors (Lipinski definition) is 3. The molecule has 0 saturated carbocycles. The molecule has 1 atom stereocenters. The SMILES string of the molecule is CC(CCCc1ncccn1)(NO)S(=O)(=O)N1CCNCC1. The average molecular weight is 329 g/mol. The van der Waals surface area contributed by atoms with Crippen molar-refractivity contribution in [1.29, 1.82) is 0 Å². The van der Waals surface area contributed by atoms with E-state index in [9.17, 15) is 13.6 Å². The van der Waals surface area contributed by atoms with Crippen molar-refractivity contribution in [2.75, 3.05) is 26.2 Å². The van der Waals surface area contributed by atoms with Crippen molar-refractivity contribution in [1.82, 2.24) is 25.1 Å². The van der Waals surface area contributed by atoms with Crippen LogP contribution in [0.5, 0.6) is 0 Å². The summed E-state index contributed by atoms with van der Waals surface area (Å²) >= 11 is 0. The summed E-state index contributed by atoms with van der Waals surface area (Å²) in [5, 5.41) is 12.6. The number of nitrogens with zero attached hydrogens (tertiary/aromatic N) is 3. The Morgan fingerprint density at radius 3 is 2.59 bits per heavy atom. The summed E-state index contributed by atoms with van der Waals surface area (Å²) in [4.78, 5) is 6.82. The van der Waals surface area contributed by atoms with Gasteiger partial charge in [0, 0.05) is 45.0 Å². The minimum atomic E-state index is -3.64. The van der Waals surface area contributed by atoms with Crippen LogP contribution in [0.3, 0.4) is 0 Å². The summed E-state index contributed by atoms with van der Waals surface area (Å²) in [6.45, 7) is 3.59. The van der Waals surface area contributed by atoms with Crippen LogP contribution >= 0.6 is 0 Å². The first kappa shape index (κ1) is 17.2. The third kappa shape index (κ3) is 3.79. The van der Waals surface area contributed by atoms with Gasteiger partial charge in [0.1, 0.15) is 5.82 Å². The van der Waals surface area contributed by atoms with Gasteiger partial charge in [-0.05, 0) is 25.8 Å². The lowest BCUT2D eigenvalue weighted by Crippen LogP contribution is -2.58. The van der Waals surface area contributed by atoms with Gasteiger partial charge in [-0.3, -0.25) is 0 Å². The smallest absolute Gasteiger partial charge is 0.235 e. The van der Waals surface area contributed by atoms with E-state index in [0.717, 1.165) is 0 Å². The van der Waals surface area contributed by atoms with Gasteiger partial charge in [-0.25, -0.2) is 18.4 Å². The van der Waals surface area contributed by atoms with E-state index in [4.69, 9.17) is 0 Å². The highest BCUT2D eigenvalue weighted by Gasteiger charge is 2.43. The molecule has 1 aromatic rings. The largest absolute Gasteiger partial charge is 0.315 e. The molecular formula is C13H23N5O3S. The molecule has 0 bridgehead atoms. The molecule has 1 aliphatic heterocycles. The molecule has 8 nitrogen and oxygen atoms in total. The number of nitrogens with one attached hydrogen (secondary N) is 2. The van der Waals surface area contributed by atoms with E-state index in [1.165, 1.54) is 11.2 Å². The molecule has 1 fully saturated rings. The Bertz CT molecular complexity index is 562. The number of piperazine rings is 1. The summed E-state index contributed by atoms with van der Waals surface area (Å²) in [7, 11) is -3.64. The highest BCUT2D eigenvalue weighted by atomic mass is 32.2. The van der Waals surface area contributed by atoms with E-state index >= 15 is 0 Å². The van der Waals surface area contributed by atoms with Crippen LogP contribution in [0.1, 0.15) is 25.6 Å². The van der Waals surface area contributed by atoms with Gasteiger partial charge in [-0.15, -0.1) is 0 Å². The lowest BCUT2D eigenvalue weighted by molar-refractivity contribution is 0.102. The number of hydrogen-bond acceptors (Lipinski definition) is 7. The van der Waals surface area contributed by atoms with Crippen molar-refractivity contribution >= 4 is 10.0 Å². The van der Waals surface area contributed by atoms with Crippen LogP contribution in [0, 0.1) is 0 Å². The Labute approximate surface area is 131 Å². The Hall–Kier alpha value is -1.13. The molecule has 3 N–H and O–H groups in total. The van der Waals surface area contributed by atoms with Crippen molar-refractivity contribution in [3.63, 3.8) is 0 Å². The summed E-state index contributed by atoms with van der Waals surface area (Å²) < 4.78 is 26.9. The van der Waals surface area contributed by atoms with Gasteiger partial charge in [0.15, 0.2) is 4.87 Å². The average Bonchev–Trinajstić information content (AvgIpc) is 2.56. The van der Waals surface area contributed by atoms with Crippen molar-refractivity contribution in [2.24, 2.45) is 0 Å². The molecule has 124 valence electrons. The minimum absolute atomic E-state index is 0.272. The Morgan fingerprint density at radius 1 is 1.36 bits per heavy atom. The van der Waals surface area contributed by atoms with Crippen molar-refractivity contribution < 1.29 is 13.6 Å². The number of hydroxylamine groups is 1. The molecule has 22 heavy (non-hydrogen) atoms. The predicted octanol–water partition coefficient (Wildman–Crippen LogP) is -0.271. The number of rotatable bonds is 7. The fraction of sp³-hybridized carbons (Fsp3) is 0.692.